The molecular formula is C23H30ClN3O3S. The number of amides is 1. The van der Waals surface area contributed by atoms with Gasteiger partial charge in [0.2, 0.25) is 5.91 Å². The lowest BCUT2D eigenvalue weighted by Gasteiger charge is -2.38. The summed E-state index contributed by atoms with van der Waals surface area (Å²) in [6.07, 6.45) is 0.926. The maximum Gasteiger partial charge on any atom is 0.264 e. The molecule has 0 bridgehead atoms. The molecule has 0 aromatic heterocycles. The molecular weight excluding hydrogens is 434 g/mol. The van der Waals surface area contributed by atoms with Crippen molar-refractivity contribution in [3.63, 3.8) is 0 Å². The quantitative estimate of drug-likeness (QED) is 0.670. The number of para-hydroxylation sites is 1. The molecule has 31 heavy (non-hydrogen) atoms. The number of anilines is 1. The minimum absolute atomic E-state index is 0.184. The number of nitrogens with zero attached hydrogens (tertiary/aromatic N) is 1. The van der Waals surface area contributed by atoms with Gasteiger partial charge < -0.3 is 11.1 Å². The van der Waals surface area contributed by atoms with Gasteiger partial charge in [0.1, 0.15) is 0 Å². The van der Waals surface area contributed by atoms with E-state index in [4.69, 9.17) is 17.3 Å². The number of rotatable bonds is 6. The summed E-state index contributed by atoms with van der Waals surface area (Å²) in [4.78, 5) is 11.7. The van der Waals surface area contributed by atoms with E-state index < -0.39 is 15.6 Å². The van der Waals surface area contributed by atoms with Gasteiger partial charge in [-0.25, -0.2) is 8.42 Å². The van der Waals surface area contributed by atoms with Gasteiger partial charge in [0.15, 0.2) is 0 Å². The zero-order chi connectivity index (χ0) is 23.2. The number of hydrogen-bond acceptors (Lipinski definition) is 4. The second kappa shape index (κ2) is 8.11. The zero-order valence-electron chi connectivity index (χ0n) is 18.6. The Morgan fingerprint density at radius 1 is 1.13 bits per heavy atom. The maximum atomic E-state index is 13.4. The molecule has 0 spiro atoms. The first-order valence-electron chi connectivity index (χ1n) is 10.2. The number of nitrogens with one attached hydrogen (secondary N) is 1. The molecule has 6 nitrogen and oxygen atoms in total. The van der Waals surface area contributed by atoms with Crippen LogP contribution in [0.2, 0.25) is 5.02 Å². The minimum atomic E-state index is -3.78. The molecule has 2 aromatic rings. The highest BCUT2D eigenvalue weighted by molar-refractivity contribution is 7.92. The Morgan fingerprint density at radius 2 is 1.77 bits per heavy atom. The van der Waals surface area contributed by atoms with Gasteiger partial charge in [-0.15, -0.1) is 0 Å². The zero-order valence-corrected chi connectivity index (χ0v) is 20.1. The van der Waals surface area contributed by atoms with Crippen molar-refractivity contribution in [1.29, 1.82) is 0 Å². The number of sulfonamides is 1. The predicted octanol–water partition coefficient (Wildman–Crippen LogP) is 4.23. The van der Waals surface area contributed by atoms with Gasteiger partial charge in [-0.3, -0.25) is 9.10 Å². The molecule has 8 heteroatoms. The van der Waals surface area contributed by atoms with E-state index in [1.165, 1.54) is 10.4 Å². The highest BCUT2D eigenvalue weighted by Gasteiger charge is 2.38. The molecule has 3 N–H and O–H groups in total. The van der Waals surface area contributed by atoms with Crippen LogP contribution in [0.4, 0.5) is 5.69 Å². The van der Waals surface area contributed by atoms with E-state index >= 15 is 0 Å². The maximum absolute atomic E-state index is 13.4. The lowest BCUT2D eigenvalue weighted by atomic mass is 9.77. The van der Waals surface area contributed by atoms with Crippen LogP contribution in [0.5, 0.6) is 0 Å². The highest BCUT2D eigenvalue weighted by atomic mass is 35.5. The average molecular weight is 464 g/mol. The lowest BCUT2D eigenvalue weighted by molar-refractivity contribution is -0.120. The smallest absolute Gasteiger partial charge is 0.264 e. The standard InChI is InChI=1S/C23H30ClN3O3S/c1-22(2,13-20(25)28)14-23(3,4)26-21-16-8-6-7-9-18(16)27(5)31(29,30)19-12-15(24)10-11-17(19)21/h6-12,21,26H,13-14H2,1-5H3,(H2,25,28). The summed E-state index contributed by atoms with van der Waals surface area (Å²) < 4.78 is 28.1. The molecule has 3 rings (SSSR count). The summed E-state index contributed by atoms with van der Waals surface area (Å²) in [5.41, 5.74) is 6.80. The summed E-state index contributed by atoms with van der Waals surface area (Å²) >= 11 is 6.19. The van der Waals surface area contributed by atoms with Crippen molar-refractivity contribution in [3.8, 4) is 0 Å². The second-order valence-corrected chi connectivity index (χ2v) is 12.0. The van der Waals surface area contributed by atoms with Crippen LogP contribution in [-0.4, -0.2) is 26.9 Å². The highest BCUT2D eigenvalue weighted by Crippen LogP contribution is 2.42. The molecule has 1 amide bonds. The normalized spacial score (nSPS) is 18.1. The van der Waals surface area contributed by atoms with Gasteiger partial charge in [-0.2, -0.15) is 0 Å². The second-order valence-electron chi connectivity index (χ2n) is 9.66. The van der Waals surface area contributed by atoms with Gasteiger partial charge in [0.05, 0.1) is 16.6 Å². The van der Waals surface area contributed by atoms with E-state index in [0.29, 0.717) is 22.7 Å². The Bertz CT molecular complexity index is 1110. The van der Waals surface area contributed by atoms with Crippen molar-refractivity contribution < 1.29 is 13.2 Å². The fourth-order valence-electron chi connectivity index (χ4n) is 4.76. The number of benzene rings is 2. The van der Waals surface area contributed by atoms with Crippen molar-refractivity contribution in [2.75, 3.05) is 11.4 Å². The number of fused-ring (bicyclic) bond motifs is 2. The summed E-state index contributed by atoms with van der Waals surface area (Å²) in [5, 5.41) is 4.03. The Balaban J connectivity index is 2.14. The molecule has 0 aliphatic carbocycles. The third-order valence-electron chi connectivity index (χ3n) is 5.62. The Hall–Kier alpha value is -2.09. The van der Waals surface area contributed by atoms with Crippen LogP contribution in [0.25, 0.3) is 0 Å². The largest absolute Gasteiger partial charge is 0.370 e. The fourth-order valence-corrected chi connectivity index (χ4v) is 6.48. The average Bonchev–Trinajstić information content (AvgIpc) is 2.68. The van der Waals surface area contributed by atoms with E-state index in [9.17, 15) is 13.2 Å². The van der Waals surface area contributed by atoms with Crippen molar-refractivity contribution in [1.82, 2.24) is 5.32 Å². The van der Waals surface area contributed by atoms with Crippen LogP contribution in [0.1, 0.15) is 57.7 Å². The van der Waals surface area contributed by atoms with Gasteiger partial charge >= 0.3 is 0 Å². The van der Waals surface area contributed by atoms with Crippen molar-refractivity contribution in [3.05, 3.63) is 58.6 Å². The first-order valence-corrected chi connectivity index (χ1v) is 12.0. The minimum Gasteiger partial charge on any atom is -0.370 e. The van der Waals surface area contributed by atoms with E-state index in [0.717, 1.165) is 5.56 Å². The molecule has 0 saturated carbocycles. The summed E-state index contributed by atoms with van der Waals surface area (Å²) in [5.74, 6) is -0.340. The summed E-state index contributed by atoms with van der Waals surface area (Å²) in [7, 11) is -2.23. The third kappa shape index (κ3) is 4.89. The lowest BCUT2D eigenvalue weighted by Crippen LogP contribution is -2.46. The number of carbonyl (C=O) groups excluding carboxylic acids is 1. The van der Waals surface area contributed by atoms with Crippen molar-refractivity contribution >= 4 is 33.2 Å². The van der Waals surface area contributed by atoms with Gasteiger partial charge in [-0.05, 0) is 55.0 Å². The first-order chi connectivity index (χ1) is 14.2. The molecule has 0 saturated heterocycles. The van der Waals surface area contributed by atoms with Crippen LogP contribution in [0.15, 0.2) is 47.4 Å². The van der Waals surface area contributed by atoms with Crippen molar-refractivity contribution in [2.24, 2.45) is 11.1 Å². The Labute approximate surface area is 189 Å². The van der Waals surface area contributed by atoms with Gasteiger partial charge in [-0.1, -0.05) is 49.7 Å². The van der Waals surface area contributed by atoms with Crippen LogP contribution in [0.3, 0.4) is 0 Å². The van der Waals surface area contributed by atoms with Gasteiger partial charge in [0.25, 0.3) is 10.0 Å². The van der Waals surface area contributed by atoms with Crippen LogP contribution in [-0.2, 0) is 14.8 Å². The van der Waals surface area contributed by atoms with E-state index in [2.05, 4.69) is 19.2 Å². The predicted molar refractivity (Wildman–Crippen MR) is 125 cm³/mol. The van der Waals surface area contributed by atoms with Crippen LogP contribution >= 0.6 is 11.6 Å². The summed E-state index contributed by atoms with van der Waals surface area (Å²) in [6.45, 7) is 8.12. The summed E-state index contributed by atoms with van der Waals surface area (Å²) in [6, 6.07) is 12.1. The molecule has 1 atom stereocenters. The molecule has 1 unspecified atom stereocenters. The Kier molecular flexibility index (Phi) is 6.17. The first kappa shape index (κ1) is 23.6. The number of primary amides is 1. The molecule has 168 valence electrons. The van der Waals surface area contributed by atoms with Gasteiger partial charge in [0, 0.05) is 24.0 Å². The SMILES string of the molecule is CN1c2ccccc2C(NC(C)(C)CC(C)(C)CC(N)=O)c2ccc(Cl)cc2S1(=O)=O. The molecule has 1 aliphatic heterocycles. The molecule has 0 fully saturated rings. The third-order valence-corrected chi connectivity index (χ3v) is 7.68. The molecule has 1 heterocycles. The molecule has 1 aliphatic rings. The Morgan fingerprint density at radius 3 is 2.42 bits per heavy atom. The molecule has 0 radical (unpaired) electrons. The van der Waals surface area contributed by atoms with Crippen LogP contribution < -0.4 is 15.4 Å². The van der Waals surface area contributed by atoms with E-state index in [-0.39, 0.29) is 28.7 Å². The number of halogens is 1. The van der Waals surface area contributed by atoms with E-state index in [1.54, 1.807) is 25.2 Å². The number of carbonyl (C=O) groups is 1. The topological polar surface area (TPSA) is 92.5 Å². The van der Waals surface area contributed by atoms with Crippen LogP contribution in [0, 0.1) is 5.41 Å². The number of nitrogens with two attached hydrogens (primary N) is 1. The monoisotopic (exact) mass is 463 g/mol. The fraction of sp³-hybridized carbons (Fsp3) is 0.435. The molecule has 2 aromatic carbocycles. The number of hydrogen-bond donors (Lipinski definition) is 2. The van der Waals surface area contributed by atoms with E-state index in [1.807, 2.05) is 32.0 Å². The van der Waals surface area contributed by atoms with Crippen molar-refractivity contribution in [2.45, 2.75) is 57.0 Å².